The summed E-state index contributed by atoms with van der Waals surface area (Å²) >= 11 is 15.9. The number of likely N-dealkylation sites (N-methyl/N-ethyl adjacent to an activating group) is 1. The maximum atomic E-state index is 6.41. The number of hydrogen-bond acceptors (Lipinski definition) is 1. The SMILES string of the molecule is CCNC(Cc1cccc(Cl)c1)c1cccc(Br)c1Cl. The summed E-state index contributed by atoms with van der Waals surface area (Å²) in [5.74, 6) is 0. The van der Waals surface area contributed by atoms with Crippen molar-refractivity contribution in [2.45, 2.75) is 19.4 Å². The summed E-state index contributed by atoms with van der Waals surface area (Å²) in [7, 11) is 0. The fourth-order valence-corrected chi connectivity index (χ4v) is 3.08. The van der Waals surface area contributed by atoms with Gasteiger partial charge in [-0.1, -0.05) is 54.4 Å². The normalized spacial score (nSPS) is 12.4. The third kappa shape index (κ3) is 3.98. The summed E-state index contributed by atoms with van der Waals surface area (Å²) in [5, 5.41) is 5.01. The molecule has 4 heteroatoms. The van der Waals surface area contributed by atoms with Crippen LogP contribution in [0, 0.1) is 0 Å². The summed E-state index contributed by atoms with van der Waals surface area (Å²) in [6.45, 7) is 2.98. The lowest BCUT2D eigenvalue weighted by atomic mass is 9.99. The fraction of sp³-hybridized carbons (Fsp3) is 0.250. The molecule has 2 aromatic carbocycles. The van der Waals surface area contributed by atoms with Crippen LogP contribution in [0.25, 0.3) is 0 Å². The molecule has 2 rings (SSSR count). The van der Waals surface area contributed by atoms with Crippen LogP contribution in [0.5, 0.6) is 0 Å². The van der Waals surface area contributed by atoms with E-state index in [9.17, 15) is 0 Å². The molecule has 0 saturated heterocycles. The van der Waals surface area contributed by atoms with E-state index in [2.05, 4.69) is 40.3 Å². The first-order chi connectivity index (χ1) is 9.61. The molecule has 0 aliphatic carbocycles. The van der Waals surface area contributed by atoms with Crippen LogP contribution in [0.4, 0.5) is 0 Å². The van der Waals surface area contributed by atoms with E-state index in [-0.39, 0.29) is 6.04 Å². The minimum atomic E-state index is 0.170. The molecule has 0 aliphatic rings. The van der Waals surface area contributed by atoms with E-state index >= 15 is 0 Å². The van der Waals surface area contributed by atoms with E-state index in [1.165, 1.54) is 5.56 Å². The van der Waals surface area contributed by atoms with E-state index in [1.807, 2.05) is 30.3 Å². The second-order valence-corrected chi connectivity index (χ2v) is 6.26. The van der Waals surface area contributed by atoms with Gasteiger partial charge in [0.15, 0.2) is 0 Å². The molecule has 0 saturated carbocycles. The van der Waals surface area contributed by atoms with Crippen molar-refractivity contribution in [1.82, 2.24) is 5.32 Å². The van der Waals surface area contributed by atoms with Gasteiger partial charge in [0.05, 0.1) is 5.02 Å². The van der Waals surface area contributed by atoms with Crippen molar-refractivity contribution >= 4 is 39.1 Å². The first kappa shape index (κ1) is 15.8. The third-order valence-corrected chi connectivity index (χ3v) is 4.68. The van der Waals surface area contributed by atoms with Gasteiger partial charge in [0, 0.05) is 15.5 Å². The standard InChI is InChI=1S/C16H16BrCl2N/c1-2-20-15(10-11-5-3-6-12(18)9-11)13-7-4-8-14(17)16(13)19/h3-9,15,20H,2,10H2,1H3. The van der Waals surface area contributed by atoms with Gasteiger partial charge in [-0.2, -0.15) is 0 Å². The lowest BCUT2D eigenvalue weighted by Crippen LogP contribution is -2.23. The summed E-state index contributed by atoms with van der Waals surface area (Å²) in [6.07, 6.45) is 0.852. The molecule has 1 unspecified atom stereocenters. The van der Waals surface area contributed by atoms with Gasteiger partial charge in [0.2, 0.25) is 0 Å². The summed E-state index contributed by atoms with van der Waals surface area (Å²) in [6, 6.07) is 14.1. The number of halogens is 3. The largest absolute Gasteiger partial charge is 0.310 e. The zero-order chi connectivity index (χ0) is 14.5. The third-order valence-electron chi connectivity index (χ3n) is 3.14. The molecule has 0 radical (unpaired) electrons. The Labute approximate surface area is 138 Å². The molecule has 1 atom stereocenters. The topological polar surface area (TPSA) is 12.0 Å². The first-order valence-corrected chi connectivity index (χ1v) is 8.08. The highest BCUT2D eigenvalue weighted by Gasteiger charge is 2.16. The number of benzene rings is 2. The molecule has 0 spiro atoms. The molecular formula is C16H16BrCl2N. The molecule has 0 fully saturated rings. The Morgan fingerprint density at radius 2 is 1.90 bits per heavy atom. The van der Waals surface area contributed by atoms with E-state index in [1.54, 1.807) is 0 Å². The van der Waals surface area contributed by atoms with Crippen LogP contribution < -0.4 is 5.32 Å². The van der Waals surface area contributed by atoms with Crippen LogP contribution in [-0.2, 0) is 6.42 Å². The molecule has 2 aromatic rings. The molecule has 0 aromatic heterocycles. The van der Waals surface area contributed by atoms with Crippen LogP contribution in [0.1, 0.15) is 24.1 Å². The van der Waals surface area contributed by atoms with E-state index < -0.39 is 0 Å². The Morgan fingerprint density at radius 3 is 2.60 bits per heavy atom. The molecule has 20 heavy (non-hydrogen) atoms. The van der Waals surface area contributed by atoms with Crippen molar-refractivity contribution in [3.8, 4) is 0 Å². The average molecular weight is 373 g/mol. The Balaban J connectivity index is 2.29. The zero-order valence-electron chi connectivity index (χ0n) is 11.2. The van der Waals surface area contributed by atoms with Crippen molar-refractivity contribution in [2.75, 3.05) is 6.54 Å². The Morgan fingerprint density at radius 1 is 1.15 bits per heavy atom. The van der Waals surface area contributed by atoms with Crippen molar-refractivity contribution in [3.63, 3.8) is 0 Å². The first-order valence-electron chi connectivity index (χ1n) is 6.53. The minimum absolute atomic E-state index is 0.170. The van der Waals surface area contributed by atoms with Gasteiger partial charge in [0.25, 0.3) is 0 Å². The predicted octanol–water partition coefficient (Wildman–Crippen LogP) is 5.65. The molecule has 0 bridgehead atoms. The van der Waals surface area contributed by atoms with Crippen LogP contribution >= 0.6 is 39.1 Å². The fourth-order valence-electron chi connectivity index (χ4n) is 2.23. The molecule has 0 amide bonds. The summed E-state index contributed by atoms with van der Waals surface area (Å²) < 4.78 is 0.922. The molecule has 0 aliphatic heterocycles. The van der Waals surface area contributed by atoms with Crippen molar-refractivity contribution in [3.05, 3.63) is 68.1 Å². The second kappa shape index (κ2) is 7.46. The minimum Gasteiger partial charge on any atom is -0.310 e. The highest BCUT2D eigenvalue weighted by molar-refractivity contribution is 9.10. The van der Waals surface area contributed by atoms with Gasteiger partial charge in [-0.3, -0.25) is 0 Å². The molecule has 106 valence electrons. The lowest BCUT2D eigenvalue weighted by Gasteiger charge is -2.20. The zero-order valence-corrected chi connectivity index (χ0v) is 14.3. The van der Waals surface area contributed by atoms with Crippen molar-refractivity contribution < 1.29 is 0 Å². The Bertz CT molecular complexity index is 586. The highest BCUT2D eigenvalue weighted by Crippen LogP contribution is 2.32. The van der Waals surface area contributed by atoms with Crippen LogP contribution in [0.2, 0.25) is 10.0 Å². The summed E-state index contributed by atoms with van der Waals surface area (Å²) in [4.78, 5) is 0. The maximum absolute atomic E-state index is 6.41. The van der Waals surface area contributed by atoms with Crippen LogP contribution in [0.3, 0.4) is 0 Å². The highest BCUT2D eigenvalue weighted by atomic mass is 79.9. The van der Waals surface area contributed by atoms with Crippen LogP contribution in [0.15, 0.2) is 46.9 Å². The van der Waals surface area contributed by atoms with Gasteiger partial charge < -0.3 is 5.32 Å². The Hall–Kier alpha value is -0.540. The van der Waals surface area contributed by atoms with Gasteiger partial charge in [0.1, 0.15) is 0 Å². The number of nitrogens with one attached hydrogen (secondary N) is 1. The van der Waals surface area contributed by atoms with Crippen LogP contribution in [-0.4, -0.2) is 6.54 Å². The van der Waals surface area contributed by atoms with Crippen molar-refractivity contribution in [2.24, 2.45) is 0 Å². The van der Waals surface area contributed by atoms with Gasteiger partial charge in [-0.05, 0) is 58.2 Å². The Kier molecular flexibility index (Phi) is 5.91. The molecule has 1 nitrogen and oxygen atoms in total. The van der Waals surface area contributed by atoms with Gasteiger partial charge in [-0.25, -0.2) is 0 Å². The summed E-state index contributed by atoms with van der Waals surface area (Å²) in [5.41, 5.74) is 2.29. The lowest BCUT2D eigenvalue weighted by molar-refractivity contribution is 0.550. The average Bonchev–Trinajstić information content (AvgIpc) is 2.42. The van der Waals surface area contributed by atoms with Crippen molar-refractivity contribution in [1.29, 1.82) is 0 Å². The number of hydrogen-bond donors (Lipinski definition) is 1. The molecule has 1 N–H and O–H groups in total. The van der Waals surface area contributed by atoms with E-state index in [4.69, 9.17) is 23.2 Å². The number of rotatable bonds is 5. The molecular weight excluding hydrogens is 357 g/mol. The van der Waals surface area contributed by atoms with Gasteiger partial charge in [-0.15, -0.1) is 0 Å². The maximum Gasteiger partial charge on any atom is 0.0595 e. The monoisotopic (exact) mass is 371 g/mol. The van der Waals surface area contributed by atoms with E-state index in [0.29, 0.717) is 0 Å². The second-order valence-electron chi connectivity index (χ2n) is 4.59. The quantitative estimate of drug-likeness (QED) is 0.714. The molecule has 0 heterocycles. The smallest absolute Gasteiger partial charge is 0.0595 e. The predicted molar refractivity (Wildman–Crippen MR) is 90.7 cm³/mol. The van der Waals surface area contributed by atoms with Gasteiger partial charge >= 0.3 is 0 Å². The van der Waals surface area contributed by atoms with E-state index in [0.717, 1.165) is 33.0 Å².